The van der Waals surface area contributed by atoms with Crippen LogP contribution in [0.15, 0.2) is 47.5 Å². The van der Waals surface area contributed by atoms with Crippen molar-refractivity contribution >= 4 is 10.0 Å². The highest BCUT2D eigenvalue weighted by atomic mass is 32.2. The minimum atomic E-state index is -4.63. The van der Waals surface area contributed by atoms with Crippen LogP contribution in [0.3, 0.4) is 0 Å². The van der Waals surface area contributed by atoms with Gasteiger partial charge in [-0.05, 0) is 24.3 Å². The van der Waals surface area contributed by atoms with Gasteiger partial charge < -0.3 is 4.74 Å². The number of hydrogen-bond donors (Lipinski definition) is 0. The van der Waals surface area contributed by atoms with E-state index in [2.05, 4.69) is 4.98 Å². The first-order chi connectivity index (χ1) is 11.7. The summed E-state index contributed by atoms with van der Waals surface area (Å²) in [5.41, 5.74) is -1.04. The third-order valence-corrected chi connectivity index (χ3v) is 5.49. The second kappa shape index (κ2) is 6.26. The summed E-state index contributed by atoms with van der Waals surface area (Å²) < 4.78 is 83.0. The van der Waals surface area contributed by atoms with E-state index in [1.807, 2.05) is 0 Å². The van der Waals surface area contributed by atoms with Gasteiger partial charge in [-0.15, -0.1) is 0 Å². The number of hydrogen-bond acceptors (Lipinski definition) is 4. The van der Waals surface area contributed by atoms with Gasteiger partial charge in [0.1, 0.15) is 22.4 Å². The molecule has 1 saturated heterocycles. The lowest BCUT2D eigenvalue weighted by atomic mass is 10.2. The Morgan fingerprint density at radius 2 is 1.80 bits per heavy atom. The lowest BCUT2D eigenvalue weighted by Crippen LogP contribution is -2.56. The van der Waals surface area contributed by atoms with Crippen LogP contribution in [0.2, 0.25) is 0 Å². The average molecular weight is 376 g/mol. The van der Waals surface area contributed by atoms with Crippen molar-refractivity contribution in [2.24, 2.45) is 0 Å². The van der Waals surface area contributed by atoms with E-state index in [4.69, 9.17) is 4.74 Å². The van der Waals surface area contributed by atoms with E-state index in [0.29, 0.717) is 0 Å². The standard InChI is InChI=1S/C15H12F4N2O3S/c16-12-5-1-2-6-13(12)25(22,23)21-8-10(9-21)24-14-11(15(17,18)19)4-3-7-20-14/h1-7,10H,8-9H2. The van der Waals surface area contributed by atoms with E-state index in [9.17, 15) is 26.0 Å². The Labute approximate surface area is 140 Å². The van der Waals surface area contributed by atoms with Crippen molar-refractivity contribution in [3.63, 3.8) is 0 Å². The lowest BCUT2D eigenvalue weighted by Gasteiger charge is -2.37. The molecule has 134 valence electrons. The molecule has 0 aliphatic carbocycles. The summed E-state index contributed by atoms with van der Waals surface area (Å²) in [5.74, 6) is -1.50. The maximum absolute atomic E-state index is 13.7. The number of sulfonamides is 1. The van der Waals surface area contributed by atoms with Crippen LogP contribution in [0.25, 0.3) is 0 Å². The summed E-state index contributed by atoms with van der Waals surface area (Å²) >= 11 is 0. The number of pyridine rings is 1. The second-order valence-electron chi connectivity index (χ2n) is 5.35. The van der Waals surface area contributed by atoms with E-state index in [-0.39, 0.29) is 13.1 Å². The molecule has 0 N–H and O–H groups in total. The summed E-state index contributed by atoms with van der Waals surface area (Å²) in [6, 6.07) is 6.84. The molecule has 1 fully saturated rings. The zero-order chi connectivity index (χ0) is 18.2. The Morgan fingerprint density at radius 1 is 1.12 bits per heavy atom. The van der Waals surface area contributed by atoms with Crippen LogP contribution in [0.1, 0.15) is 5.56 Å². The van der Waals surface area contributed by atoms with Crippen molar-refractivity contribution in [1.29, 1.82) is 0 Å². The Kier molecular flexibility index (Phi) is 4.41. The number of benzene rings is 1. The zero-order valence-corrected chi connectivity index (χ0v) is 13.4. The molecule has 1 aromatic heterocycles. The molecular formula is C15H12F4N2O3S. The maximum Gasteiger partial charge on any atom is 0.421 e. The smallest absolute Gasteiger partial charge is 0.421 e. The first-order valence-corrected chi connectivity index (χ1v) is 8.57. The summed E-state index contributed by atoms with van der Waals surface area (Å²) in [4.78, 5) is 3.07. The molecule has 0 spiro atoms. The molecular weight excluding hydrogens is 364 g/mol. The van der Waals surface area contributed by atoms with Crippen LogP contribution in [-0.4, -0.2) is 36.9 Å². The van der Waals surface area contributed by atoms with Gasteiger partial charge >= 0.3 is 6.18 Å². The SMILES string of the molecule is O=S(=O)(c1ccccc1F)N1CC(Oc2ncccc2C(F)(F)F)C1. The fourth-order valence-electron chi connectivity index (χ4n) is 2.32. The van der Waals surface area contributed by atoms with Gasteiger partial charge in [0.2, 0.25) is 15.9 Å². The Balaban J connectivity index is 1.71. The number of nitrogens with zero attached hydrogens (tertiary/aromatic N) is 2. The molecule has 1 aliphatic rings. The van der Waals surface area contributed by atoms with E-state index in [1.165, 1.54) is 12.1 Å². The fraction of sp³-hybridized carbons (Fsp3) is 0.267. The predicted molar refractivity (Wildman–Crippen MR) is 78.8 cm³/mol. The van der Waals surface area contributed by atoms with Gasteiger partial charge in [0, 0.05) is 6.20 Å². The van der Waals surface area contributed by atoms with E-state index in [0.717, 1.165) is 34.8 Å². The third-order valence-electron chi connectivity index (χ3n) is 3.62. The van der Waals surface area contributed by atoms with Crippen molar-refractivity contribution in [3.05, 3.63) is 54.0 Å². The van der Waals surface area contributed by atoms with Crippen LogP contribution in [0.4, 0.5) is 17.6 Å². The molecule has 0 atom stereocenters. The van der Waals surface area contributed by atoms with E-state index < -0.39 is 44.5 Å². The Hall–Kier alpha value is -2.20. The van der Waals surface area contributed by atoms with Crippen LogP contribution in [-0.2, 0) is 16.2 Å². The number of alkyl halides is 3. The predicted octanol–water partition coefficient (Wildman–Crippen LogP) is 2.69. The zero-order valence-electron chi connectivity index (χ0n) is 12.6. The summed E-state index contributed by atoms with van der Waals surface area (Å²) in [5, 5.41) is 0. The highest BCUT2D eigenvalue weighted by Crippen LogP contribution is 2.36. The number of aromatic nitrogens is 1. The van der Waals surface area contributed by atoms with Gasteiger partial charge in [0.15, 0.2) is 0 Å². The van der Waals surface area contributed by atoms with Crippen molar-refractivity contribution in [3.8, 4) is 5.88 Å². The molecule has 1 aliphatic heterocycles. The number of ether oxygens (including phenoxy) is 1. The lowest BCUT2D eigenvalue weighted by molar-refractivity contribution is -0.140. The third kappa shape index (κ3) is 3.45. The molecule has 0 bridgehead atoms. The minimum Gasteiger partial charge on any atom is -0.471 e. The summed E-state index contributed by atoms with van der Waals surface area (Å²) in [6.45, 7) is -0.380. The van der Waals surface area contributed by atoms with Gasteiger partial charge in [-0.2, -0.15) is 17.5 Å². The van der Waals surface area contributed by atoms with Gasteiger partial charge in [-0.1, -0.05) is 12.1 Å². The van der Waals surface area contributed by atoms with Crippen LogP contribution in [0, 0.1) is 5.82 Å². The Morgan fingerprint density at radius 3 is 2.44 bits per heavy atom. The molecule has 0 radical (unpaired) electrons. The van der Waals surface area contributed by atoms with Crippen molar-refractivity contribution in [2.45, 2.75) is 17.2 Å². The highest BCUT2D eigenvalue weighted by Gasteiger charge is 2.41. The number of rotatable bonds is 4. The van der Waals surface area contributed by atoms with Crippen LogP contribution in [0.5, 0.6) is 5.88 Å². The summed E-state index contributed by atoms with van der Waals surface area (Å²) in [7, 11) is -4.06. The molecule has 10 heteroatoms. The van der Waals surface area contributed by atoms with Crippen LogP contribution < -0.4 is 4.74 Å². The van der Waals surface area contributed by atoms with Crippen LogP contribution >= 0.6 is 0 Å². The maximum atomic E-state index is 13.7. The van der Waals surface area contributed by atoms with E-state index >= 15 is 0 Å². The molecule has 0 amide bonds. The monoisotopic (exact) mass is 376 g/mol. The first-order valence-electron chi connectivity index (χ1n) is 7.13. The Bertz CT molecular complexity index is 880. The molecule has 2 heterocycles. The van der Waals surface area contributed by atoms with Gasteiger partial charge in [-0.25, -0.2) is 17.8 Å². The highest BCUT2D eigenvalue weighted by molar-refractivity contribution is 7.89. The first kappa shape index (κ1) is 17.6. The van der Waals surface area contributed by atoms with E-state index in [1.54, 1.807) is 0 Å². The van der Waals surface area contributed by atoms with Gasteiger partial charge in [0.05, 0.1) is 13.1 Å². The van der Waals surface area contributed by atoms with Crippen molar-refractivity contribution < 1.29 is 30.7 Å². The van der Waals surface area contributed by atoms with Gasteiger partial charge in [-0.3, -0.25) is 0 Å². The number of halogens is 4. The topological polar surface area (TPSA) is 59.5 Å². The molecule has 25 heavy (non-hydrogen) atoms. The molecule has 3 rings (SSSR count). The molecule has 0 saturated carbocycles. The largest absolute Gasteiger partial charge is 0.471 e. The van der Waals surface area contributed by atoms with Gasteiger partial charge in [0.25, 0.3) is 0 Å². The second-order valence-corrected chi connectivity index (χ2v) is 7.25. The molecule has 0 unspecified atom stereocenters. The normalized spacial score (nSPS) is 16.5. The molecule has 1 aromatic carbocycles. The summed E-state index contributed by atoms with van der Waals surface area (Å²) in [6.07, 6.45) is -4.28. The minimum absolute atomic E-state index is 0.190. The fourth-order valence-corrected chi connectivity index (χ4v) is 3.89. The average Bonchev–Trinajstić information content (AvgIpc) is 2.50. The molecule has 5 nitrogen and oxygen atoms in total. The molecule has 2 aromatic rings. The van der Waals surface area contributed by atoms with Crippen molar-refractivity contribution in [2.75, 3.05) is 13.1 Å². The quantitative estimate of drug-likeness (QED) is 0.770. The van der Waals surface area contributed by atoms with Crippen molar-refractivity contribution in [1.82, 2.24) is 9.29 Å².